The number of aliphatic hydroxyl groups is 1. The van der Waals surface area contributed by atoms with Crippen LogP contribution in [0.2, 0.25) is 0 Å². The first-order chi connectivity index (χ1) is 14.9. The average molecular weight is 425 g/mol. The predicted octanol–water partition coefficient (Wildman–Crippen LogP) is 5.42. The molecule has 0 heterocycles. The molecule has 0 unspecified atom stereocenters. The number of phenolic OH excluding ortho intramolecular Hbond substituents is 1. The number of methoxy groups -OCH3 is 2. The van der Waals surface area contributed by atoms with Gasteiger partial charge in [0.1, 0.15) is 5.75 Å². The molecule has 2 saturated carbocycles. The molecule has 0 bridgehead atoms. The third-order valence-electron chi connectivity index (χ3n) is 8.34. The number of hydrogen-bond acceptors (Lipinski definition) is 5. The predicted molar refractivity (Wildman–Crippen MR) is 118 cm³/mol. The minimum Gasteiger partial charge on any atom is -0.504 e. The number of aromatic hydroxyl groups is 1. The lowest BCUT2D eigenvalue weighted by Gasteiger charge is -2.50. The smallest absolute Gasteiger partial charge is 0.169 e. The Labute approximate surface area is 184 Å². The van der Waals surface area contributed by atoms with E-state index in [1.165, 1.54) is 11.1 Å². The van der Waals surface area contributed by atoms with E-state index in [1.54, 1.807) is 26.4 Å². The second-order valence-corrected chi connectivity index (χ2v) is 9.69. The van der Waals surface area contributed by atoms with Gasteiger partial charge in [-0.1, -0.05) is 6.92 Å². The minimum absolute atomic E-state index is 0.0641. The number of rotatable bonds is 4. The van der Waals surface area contributed by atoms with Crippen molar-refractivity contribution in [1.29, 1.82) is 0 Å². The first-order valence-electron chi connectivity index (χ1n) is 11.4. The van der Waals surface area contributed by atoms with Crippen LogP contribution in [0.4, 0.5) is 0 Å². The number of hydrogen-bond donors (Lipinski definition) is 2. The molecule has 2 fully saturated rings. The van der Waals surface area contributed by atoms with Gasteiger partial charge in [0.05, 0.1) is 20.3 Å². The summed E-state index contributed by atoms with van der Waals surface area (Å²) in [5.74, 6) is 4.12. The fourth-order valence-corrected chi connectivity index (χ4v) is 6.65. The summed E-state index contributed by atoms with van der Waals surface area (Å²) < 4.78 is 16.8. The molecule has 2 aromatic rings. The first kappa shape index (κ1) is 20.5. The van der Waals surface area contributed by atoms with Crippen molar-refractivity contribution in [2.24, 2.45) is 17.3 Å². The fourth-order valence-electron chi connectivity index (χ4n) is 6.65. The van der Waals surface area contributed by atoms with Crippen LogP contribution in [0, 0.1) is 17.3 Å². The van der Waals surface area contributed by atoms with Crippen molar-refractivity contribution in [3.63, 3.8) is 0 Å². The number of fused-ring (bicyclic) bond motifs is 5. The summed E-state index contributed by atoms with van der Waals surface area (Å²) in [5.41, 5.74) is 2.61. The fraction of sp³-hybridized carbons (Fsp3) is 0.538. The van der Waals surface area contributed by atoms with Gasteiger partial charge in [0.15, 0.2) is 23.0 Å². The van der Waals surface area contributed by atoms with Crippen molar-refractivity contribution in [3.05, 3.63) is 41.5 Å². The molecule has 0 saturated heterocycles. The van der Waals surface area contributed by atoms with Crippen molar-refractivity contribution >= 4 is 0 Å². The molecule has 0 aliphatic heterocycles. The lowest BCUT2D eigenvalue weighted by Crippen LogP contribution is -2.43. The van der Waals surface area contributed by atoms with Crippen LogP contribution in [0.5, 0.6) is 28.7 Å². The SMILES string of the molecule is COc1ccc(Oc2cc3c(cc2O)CC[C@@H]2[C@@H]3CC[C@]3(C)[C@H](O)CC[C@@H]23)cc1OC. The van der Waals surface area contributed by atoms with Crippen LogP contribution in [0.25, 0.3) is 0 Å². The maximum absolute atomic E-state index is 10.7. The lowest BCUT2D eigenvalue weighted by atomic mass is 9.55. The highest BCUT2D eigenvalue weighted by atomic mass is 16.5. The van der Waals surface area contributed by atoms with Crippen LogP contribution in [0.1, 0.15) is 56.1 Å². The van der Waals surface area contributed by atoms with Gasteiger partial charge >= 0.3 is 0 Å². The van der Waals surface area contributed by atoms with E-state index >= 15 is 0 Å². The molecule has 0 aromatic heterocycles. The molecule has 3 aliphatic carbocycles. The third-order valence-corrected chi connectivity index (χ3v) is 8.34. The highest BCUT2D eigenvalue weighted by Gasteiger charge is 2.54. The zero-order valence-corrected chi connectivity index (χ0v) is 18.6. The summed E-state index contributed by atoms with van der Waals surface area (Å²) in [6.07, 6.45) is 6.16. The number of phenols is 1. The molecule has 5 heteroatoms. The average Bonchev–Trinajstić information content (AvgIpc) is 3.08. The second-order valence-electron chi connectivity index (χ2n) is 9.69. The molecule has 5 atom stereocenters. The largest absolute Gasteiger partial charge is 0.504 e. The van der Waals surface area contributed by atoms with Gasteiger partial charge in [0.2, 0.25) is 0 Å². The monoisotopic (exact) mass is 424 g/mol. The number of benzene rings is 2. The second kappa shape index (κ2) is 7.63. The van der Waals surface area contributed by atoms with Crippen molar-refractivity contribution in [3.8, 4) is 28.7 Å². The Bertz CT molecular complexity index is 986. The first-order valence-corrected chi connectivity index (χ1v) is 11.4. The number of aliphatic hydroxyl groups excluding tert-OH is 1. The summed E-state index contributed by atoms with van der Waals surface area (Å²) in [6.45, 7) is 2.30. The molecule has 0 amide bonds. The maximum Gasteiger partial charge on any atom is 0.169 e. The summed E-state index contributed by atoms with van der Waals surface area (Å²) >= 11 is 0. The van der Waals surface area contributed by atoms with Crippen LogP contribution in [0.15, 0.2) is 30.3 Å². The van der Waals surface area contributed by atoms with Gasteiger partial charge in [0, 0.05) is 6.07 Å². The van der Waals surface area contributed by atoms with Gasteiger partial charge in [-0.2, -0.15) is 0 Å². The van der Waals surface area contributed by atoms with Crippen LogP contribution < -0.4 is 14.2 Å². The Morgan fingerprint density at radius 3 is 2.52 bits per heavy atom. The van der Waals surface area contributed by atoms with E-state index in [0.29, 0.717) is 40.8 Å². The van der Waals surface area contributed by atoms with Gasteiger partial charge < -0.3 is 24.4 Å². The third kappa shape index (κ3) is 3.25. The van der Waals surface area contributed by atoms with Gasteiger partial charge in [-0.05, 0) is 97.1 Å². The Balaban J connectivity index is 1.46. The van der Waals surface area contributed by atoms with Crippen molar-refractivity contribution in [2.75, 3.05) is 14.2 Å². The van der Waals surface area contributed by atoms with Gasteiger partial charge in [-0.3, -0.25) is 0 Å². The molecular weight excluding hydrogens is 392 g/mol. The van der Waals surface area contributed by atoms with E-state index < -0.39 is 0 Å². The molecule has 0 radical (unpaired) electrons. The van der Waals surface area contributed by atoms with E-state index in [1.807, 2.05) is 18.2 Å². The zero-order valence-electron chi connectivity index (χ0n) is 18.6. The van der Waals surface area contributed by atoms with Crippen LogP contribution in [-0.4, -0.2) is 30.5 Å². The summed E-state index contributed by atoms with van der Waals surface area (Å²) in [7, 11) is 3.19. The quantitative estimate of drug-likeness (QED) is 0.686. The molecule has 0 spiro atoms. The number of aryl methyl sites for hydroxylation is 1. The Morgan fingerprint density at radius 1 is 0.935 bits per heavy atom. The molecule has 2 N–H and O–H groups in total. The molecule has 3 aliphatic rings. The molecule has 5 rings (SSSR count). The van der Waals surface area contributed by atoms with E-state index in [4.69, 9.17) is 14.2 Å². The summed E-state index contributed by atoms with van der Waals surface area (Å²) in [5, 5.41) is 21.3. The minimum atomic E-state index is -0.163. The van der Waals surface area contributed by atoms with Gasteiger partial charge in [-0.15, -0.1) is 0 Å². The Hall–Kier alpha value is -2.40. The topological polar surface area (TPSA) is 68.2 Å². The van der Waals surface area contributed by atoms with Crippen molar-refractivity contribution < 1.29 is 24.4 Å². The van der Waals surface area contributed by atoms with Crippen molar-refractivity contribution in [1.82, 2.24) is 0 Å². The van der Waals surface area contributed by atoms with Gasteiger partial charge in [0.25, 0.3) is 0 Å². The standard InChI is InChI=1S/C26H32O5/c1-26-11-10-17-18(20(26)7-9-25(26)28)6-4-15-12-21(27)23(14-19(15)17)31-16-5-8-22(29-2)24(13-16)30-3/h5,8,12-14,17-18,20,25,27-28H,4,6-7,9-11H2,1-3H3/t17-,18+,20-,25+,26-/m0/s1. The van der Waals surface area contributed by atoms with Crippen LogP contribution in [0.3, 0.4) is 0 Å². The van der Waals surface area contributed by atoms with E-state index in [0.717, 1.165) is 38.5 Å². The molecule has 2 aromatic carbocycles. The number of ether oxygens (including phenoxy) is 3. The highest BCUT2D eigenvalue weighted by Crippen LogP contribution is 2.61. The lowest BCUT2D eigenvalue weighted by molar-refractivity contribution is -0.0226. The molecular formula is C26H32O5. The molecule has 166 valence electrons. The summed E-state index contributed by atoms with van der Waals surface area (Å²) in [4.78, 5) is 0. The maximum atomic E-state index is 10.7. The van der Waals surface area contributed by atoms with Crippen LogP contribution >= 0.6 is 0 Å². The zero-order chi connectivity index (χ0) is 21.8. The Kier molecular flexibility index (Phi) is 5.04. The van der Waals surface area contributed by atoms with E-state index in [9.17, 15) is 10.2 Å². The van der Waals surface area contributed by atoms with Crippen molar-refractivity contribution in [2.45, 2.75) is 57.5 Å². The highest BCUT2D eigenvalue weighted by molar-refractivity contribution is 5.52. The molecule has 31 heavy (non-hydrogen) atoms. The normalized spacial score (nSPS) is 31.4. The van der Waals surface area contributed by atoms with E-state index in [-0.39, 0.29) is 17.3 Å². The Morgan fingerprint density at radius 2 is 1.74 bits per heavy atom. The molecule has 5 nitrogen and oxygen atoms in total. The van der Waals surface area contributed by atoms with Gasteiger partial charge in [-0.25, -0.2) is 0 Å². The van der Waals surface area contributed by atoms with Crippen LogP contribution in [-0.2, 0) is 6.42 Å². The summed E-state index contributed by atoms with van der Waals surface area (Å²) in [6, 6.07) is 9.32. The van der Waals surface area contributed by atoms with E-state index in [2.05, 4.69) is 6.92 Å².